The van der Waals surface area contributed by atoms with Crippen molar-refractivity contribution in [2.75, 3.05) is 0 Å². The highest BCUT2D eigenvalue weighted by Gasteiger charge is 2.64. The van der Waals surface area contributed by atoms with Gasteiger partial charge in [0.05, 0.1) is 11.6 Å². The average Bonchev–Trinajstić information content (AvgIpc) is 3.17. The minimum absolute atomic E-state index is 0.103. The van der Waals surface area contributed by atoms with Crippen LogP contribution in [0.25, 0.3) is 0 Å². The van der Waals surface area contributed by atoms with Crippen LogP contribution < -0.4 is 0 Å². The number of hydrogen-bond acceptors (Lipinski definition) is 7. The van der Waals surface area contributed by atoms with E-state index in [-0.39, 0.29) is 22.1 Å². The van der Waals surface area contributed by atoms with Crippen LogP contribution >= 0.6 is 11.8 Å². The molecule has 0 aliphatic carbocycles. The van der Waals surface area contributed by atoms with Gasteiger partial charge < -0.3 is 14.4 Å². The number of rotatable bonds is 3. The minimum Gasteiger partial charge on any atom is -0.467 e. The predicted molar refractivity (Wildman–Crippen MR) is 76.4 cm³/mol. The van der Waals surface area contributed by atoms with E-state index in [9.17, 15) is 9.90 Å². The highest BCUT2D eigenvalue weighted by molar-refractivity contribution is 8.01. The number of aromatic nitrogens is 4. The van der Waals surface area contributed by atoms with Crippen molar-refractivity contribution in [3.8, 4) is 0 Å². The third-order valence-electron chi connectivity index (χ3n) is 4.28. The van der Waals surface area contributed by atoms with Crippen LogP contribution in [0.1, 0.15) is 37.6 Å². The lowest BCUT2D eigenvalue weighted by Crippen LogP contribution is -2.59. The van der Waals surface area contributed by atoms with Crippen molar-refractivity contribution in [2.24, 2.45) is 5.92 Å². The van der Waals surface area contributed by atoms with Crippen molar-refractivity contribution in [3.63, 3.8) is 0 Å². The molecular weight excluding hydrogens is 306 g/mol. The number of β-lactam (4-membered cyclic amide) rings is 1. The number of carbonyl (C=O) groups is 1. The zero-order chi connectivity index (χ0) is 15.5. The summed E-state index contributed by atoms with van der Waals surface area (Å²) in [7, 11) is 0. The van der Waals surface area contributed by atoms with Crippen molar-refractivity contribution in [2.45, 2.75) is 36.1 Å². The van der Waals surface area contributed by atoms with E-state index in [2.05, 4.69) is 20.6 Å². The number of fused-ring (bicyclic) bond motifs is 1. The summed E-state index contributed by atoms with van der Waals surface area (Å²) in [6.45, 7) is 4.10. The third kappa shape index (κ3) is 1.75. The molecule has 4 heterocycles. The largest absolute Gasteiger partial charge is 0.467 e. The number of thioether (sulfide) groups is 1. The first-order valence-corrected chi connectivity index (χ1v) is 7.84. The maximum Gasteiger partial charge on any atom is 0.233 e. The van der Waals surface area contributed by atoms with Gasteiger partial charge in [0, 0.05) is 4.75 Å². The Labute approximate surface area is 130 Å². The molecule has 0 bridgehead atoms. The number of furan rings is 1. The molecule has 1 amide bonds. The fourth-order valence-corrected chi connectivity index (χ4v) is 5.02. The number of H-pyrrole nitrogens is 1. The molecule has 4 atom stereocenters. The fraction of sp³-hybridized carbons (Fsp3) is 0.538. The second-order valence-corrected chi connectivity index (χ2v) is 7.80. The number of carbonyl (C=O) groups excluding carboxylic acids is 1. The molecule has 2 aliphatic heterocycles. The SMILES string of the molecule is CC1(C)S[C@@H]2[C@@H](C(O)c3ccco3)C(=O)N2[C@H]1c1nnn[nH]1. The first kappa shape index (κ1) is 13.8. The Morgan fingerprint density at radius 3 is 3.00 bits per heavy atom. The molecule has 2 aromatic heterocycles. The molecule has 1 unspecified atom stereocenters. The van der Waals surface area contributed by atoms with E-state index < -0.39 is 12.0 Å². The highest BCUT2D eigenvalue weighted by Crippen LogP contribution is 2.60. The normalized spacial score (nSPS) is 31.0. The van der Waals surface area contributed by atoms with Crippen molar-refractivity contribution in [1.82, 2.24) is 25.5 Å². The maximum absolute atomic E-state index is 12.6. The molecule has 0 radical (unpaired) electrons. The number of aliphatic hydroxyl groups excluding tert-OH is 1. The van der Waals surface area contributed by atoms with E-state index in [0.717, 1.165) is 0 Å². The van der Waals surface area contributed by atoms with Crippen molar-refractivity contribution in [3.05, 3.63) is 30.0 Å². The van der Waals surface area contributed by atoms with Gasteiger partial charge in [-0.1, -0.05) is 0 Å². The van der Waals surface area contributed by atoms with Crippen LogP contribution in [0.2, 0.25) is 0 Å². The van der Waals surface area contributed by atoms with Gasteiger partial charge in [0.25, 0.3) is 0 Å². The molecule has 4 rings (SSSR count). The highest BCUT2D eigenvalue weighted by atomic mass is 32.2. The maximum atomic E-state index is 12.6. The van der Waals surface area contributed by atoms with Crippen LogP contribution in [-0.2, 0) is 4.79 Å². The molecule has 8 nitrogen and oxygen atoms in total. The summed E-state index contributed by atoms with van der Waals surface area (Å²) in [6, 6.07) is 3.15. The van der Waals surface area contributed by atoms with Gasteiger partial charge in [0.15, 0.2) is 5.82 Å². The fourth-order valence-electron chi connectivity index (χ4n) is 3.30. The molecule has 9 heteroatoms. The molecule has 2 N–H and O–H groups in total. The smallest absolute Gasteiger partial charge is 0.233 e. The molecule has 22 heavy (non-hydrogen) atoms. The van der Waals surface area contributed by atoms with Gasteiger partial charge in [-0.25, -0.2) is 5.10 Å². The topological polar surface area (TPSA) is 108 Å². The quantitative estimate of drug-likeness (QED) is 0.808. The van der Waals surface area contributed by atoms with Crippen molar-refractivity contribution >= 4 is 17.7 Å². The minimum atomic E-state index is -0.932. The number of aliphatic hydroxyl groups is 1. The Bertz CT molecular complexity index is 687. The summed E-state index contributed by atoms with van der Waals surface area (Å²) in [5.41, 5.74) is 0. The number of aromatic amines is 1. The van der Waals surface area contributed by atoms with Crippen LogP contribution in [0.5, 0.6) is 0 Å². The Morgan fingerprint density at radius 2 is 2.36 bits per heavy atom. The van der Waals surface area contributed by atoms with E-state index in [0.29, 0.717) is 11.6 Å². The van der Waals surface area contributed by atoms with Gasteiger partial charge in [-0.05, 0) is 36.4 Å². The Hall–Kier alpha value is -1.87. The summed E-state index contributed by atoms with van der Waals surface area (Å²) in [6.07, 6.45) is 0.562. The summed E-state index contributed by atoms with van der Waals surface area (Å²) >= 11 is 1.65. The lowest BCUT2D eigenvalue weighted by Gasteiger charge is -2.45. The third-order valence-corrected chi connectivity index (χ3v) is 5.87. The summed E-state index contributed by atoms with van der Waals surface area (Å²) in [5.74, 6) is 0.380. The van der Waals surface area contributed by atoms with Gasteiger partial charge in [0.1, 0.15) is 23.8 Å². The molecule has 2 fully saturated rings. The molecule has 2 aromatic rings. The Balaban J connectivity index is 1.64. The van der Waals surface area contributed by atoms with E-state index in [1.807, 2.05) is 13.8 Å². The molecule has 0 saturated carbocycles. The lowest BCUT2D eigenvalue weighted by molar-refractivity contribution is -0.162. The first-order valence-electron chi connectivity index (χ1n) is 6.96. The second-order valence-electron chi connectivity index (χ2n) is 6.03. The monoisotopic (exact) mass is 321 g/mol. The van der Waals surface area contributed by atoms with Gasteiger partial charge in [0.2, 0.25) is 5.91 Å². The van der Waals surface area contributed by atoms with Crippen molar-refractivity contribution in [1.29, 1.82) is 0 Å². The van der Waals surface area contributed by atoms with E-state index in [4.69, 9.17) is 4.42 Å². The van der Waals surface area contributed by atoms with E-state index in [1.54, 1.807) is 28.8 Å². The molecular formula is C13H15N5O3S. The number of hydrogen-bond donors (Lipinski definition) is 2. The van der Waals surface area contributed by atoms with Gasteiger partial charge in [-0.15, -0.1) is 16.9 Å². The number of tetrazole rings is 1. The van der Waals surface area contributed by atoms with E-state index in [1.165, 1.54) is 6.26 Å². The molecule has 116 valence electrons. The molecule has 2 saturated heterocycles. The number of nitrogens with one attached hydrogen (secondary N) is 1. The second kappa shape index (κ2) is 4.56. The molecule has 0 spiro atoms. The van der Waals surface area contributed by atoms with Crippen LogP contribution in [-0.4, -0.2) is 46.7 Å². The zero-order valence-corrected chi connectivity index (χ0v) is 12.8. The van der Waals surface area contributed by atoms with Crippen LogP contribution in [0, 0.1) is 5.92 Å². The lowest BCUT2D eigenvalue weighted by atomic mass is 9.87. The predicted octanol–water partition coefficient (Wildman–Crippen LogP) is 0.877. The molecule has 0 aromatic carbocycles. The van der Waals surface area contributed by atoms with Gasteiger partial charge in [-0.2, -0.15) is 0 Å². The van der Waals surface area contributed by atoms with Crippen LogP contribution in [0.4, 0.5) is 0 Å². The summed E-state index contributed by atoms with van der Waals surface area (Å²) < 4.78 is 4.98. The number of nitrogens with zero attached hydrogens (tertiary/aromatic N) is 4. The number of amides is 1. The molecule has 2 aliphatic rings. The zero-order valence-electron chi connectivity index (χ0n) is 12.0. The van der Waals surface area contributed by atoms with Crippen LogP contribution in [0.15, 0.2) is 22.8 Å². The Morgan fingerprint density at radius 1 is 1.55 bits per heavy atom. The van der Waals surface area contributed by atoms with Gasteiger partial charge >= 0.3 is 0 Å². The van der Waals surface area contributed by atoms with E-state index >= 15 is 0 Å². The Kier molecular flexibility index (Phi) is 2.85. The van der Waals surface area contributed by atoms with Crippen LogP contribution in [0.3, 0.4) is 0 Å². The average molecular weight is 321 g/mol. The van der Waals surface area contributed by atoms with Gasteiger partial charge in [-0.3, -0.25) is 4.79 Å². The van der Waals surface area contributed by atoms with Crippen molar-refractivity contribution < 1.29 is 14.3 Å². The standard InChI is InChI=1S/C13H15N5O3S/c1-13(2)9(10-14-16-17-15-10)18-11(20)7(12(18)22-13)8(19)6-4-3-5-21-6/h3-5,7-9,12,19H,1-2H3,(H,14,15,16,17)/t7-,8?,9-,12+/m0/s1. The summed E-state index contributed by atoms with van der Waals surface area (Å²) in [5, 5.41) is 24.2. The first-order chi connectivity index (χ1) is 10.5. The summed E-state index contributed by atoms with van der Waals surface area (Å²) in [4.78, 5) is 14.4.